The number of carbonyl (C=O) groups excluding carboxylic acids is 1. The standard InChI is InChI=1S/C16H20N2O.ClH/c1-10-12(15(19)16(2,3)4)13(17)14(18-10)11-8-6-5-7-9-11;/h5-9,18H,17H2,1-4H3;1H. The summed E-state index contributed by atoms with van der Waals surface area (Å²) in [7, 11) is 0. The molecule has 1 aromatic heterocycles. The van der Waals surface area contributed by atoms with Crippen LogP contribution in [0.5, 0.6) is 0 Å². The molecule has 0 atom stereocenters. The summed E-state index contributed by atoms with van der Waals surface area (Å²) < 4.78 is 0. The first-order chi connectivity index (χ1) is 8.82. The second kappa shape index (κ2) is 5.71. The predicted molar refractivity (Wildman–Crippen MR) is 86.4 cm³/mol. The molecule has 0 aliphatic rings. The lowest BCUT2D eigenvalue weighted by Crippen LogP contribution is -2.21. The molecule has 0 amide bonds. The number of anilines is 1. The lowest BCUT2D eigenvalue weighted by atomic mass is 9.86. The number of ketones is 1. The van der Waals surface area contributed by atoms with Crippen molar-refractivity contribution in [3.8, 4) is 11.3 Å². The Labute approximate surface area is 126 Å². The van der Waals surface area contributed by atoms with E-state index in [1.54, 1.807) is 0 Å². The number of carbonyl (C=O) groups is 1. The summed E-state index contributed by atoms with van der Waals surface area (Å²) in [5, 5.41) is 0. The molecule has 4 heteroatoms. The monoisotopic (exact) mass is 292 g/mol. The molecular weight excluding hydrogens is 272 g/mol. The summed E-state index contributed by atoms with van der Waals surface area (Å²) in [5.74, 6) is 0.0703. The van der Waals surface area contributed by atoms with Crippen molar-refractivity contribution in [2.24, 2.45) is 5.41 Å². The van der Waals surface area contributed by atoms with Crippen LogP contribution in [-0.4, -0.2) is 10.8 Å². The number of H-pyrrole nitrogens is 1. The average molecular weight is 293 g/mol. The van der Waals surface area contributed by atoms with E-state index >= 15 is 0 Å². The van der Waals surface area contributed by atoms with Gasteiger partial charge in [-0.1, -0.05) is 51.1 Å². The van der Waals surface area contributed by atoms with Gasteiger partial charge in [0, 0.05) is 16.7 Å². The molecule has 3 N–H and O–H groups in total. The van der Waals surface area contributed by atoms with Gasteiger partial charge in [0.1, 0.15) is 0 Å². The molecule has 0 aliphatic heterocycles. The first kappa shape index (κ1) is 16.3. The highest BCUT2D eigenvalue weighted by atomic mass is 35.5. The smallest absolute Gasteiger partial charge is 0.172 e. The van der Waals surface area contributed by atoms with E-state index in [1.807, 2.05) is 58.0 Å². The summed E-state index contributed by atoms with van der Waals surface area (Å²) in [6, 6.07) is 9.82. The van der Waals surface area contributed by atoms with Crippen LogP contribution in [0.2, 0.25) is 0 Å². The summed E-state index contributed by atoms with van der Waals surface area (Å²) in [6.45, 7) is 7.61. The van der Waals surface area contributed by atoms with Gasteiger partial charge in [-0.25, -0.2) is 0 Å². The second-order valence-corrected chi connectivity index (χ2v) is 5.86. The summed E-state index contributed by atoms with van der Waals surface area (Å²) in [5.41, 5.74) is 9.56. The van der Waals surface area contributed by atoms with Gasteiger partial charge in [-0.15, -0.1) is 12.4 Å². The van der Waals surface area contributed by atoms with Crippen molar-refractivity contribution in [3.63, 3.8) is 0 Å². The fourth-order valence-corrected chi connectivity index (χ4v) is 2.14. The van der Waals surface area contributed by atoms with Crippen molar-refractivity contribution in [1.82, 2.24) is 4.98 Å². The molecule has 20 heavy (non-hydrogen) atoms. The van der Waals surface area contributed by atoms with E-state index in [-0.39, 0.29) is 18.2 Å². The first-order valence-electron chi connectivity index (χ1n) is 6.40. The molecule has 1 heterocycles. The molecule has 108 valence electrons. The minimum absolute atomic E-state index is 0. The molecule has 0 fully saturated rings. The molecule has 0 saturated heterocycles. The highest BCUT2D eigenvalue weighted by Gasteiger charge is 2.28. The van der Waals surface area contributed by atoms with Gasteiger partial charge >= 0.3 is 0 Å². The Bertz CT molecular complexity index is 609. The summed E-state index contributed by atoms with van der Waals surface area (Å²) in [6.07, 6.45) is 0. The van der Waals surface area contributed by atoms with E-state index in [9.17, 15) is 4.79 Å². The van der Waals surface area contributed by atoms with Crippen LogP contribution in [0.1, 0.15) is 36.8 Å². The summed E-state index contributed by atoms with van der Waals surface area (Å²) >= 11 is 0. The maximum atomic E-state index is 12.5. The van der Waals surface area contributed by atoms with Gasteiger partial charge in [-0.05, 0) is 6.92 Å². The number of halogens is 1. The molecule has 3 nitrogen and oxygen atoms in total. The number of nitrogen functional groups attached to an aromatic ring is 1. The third kappa shape index (κ3) is 2.88. The Morgan fingerprint density at radius 2 is 1.70 bits per heavy atom. The van der Waals surface area contributed by atoms with Crippen molar-refractivity contribution < 1.29 is 4.79 Å². The fourth-order valence-electron chi connectivity index (χ4n) is 2.14. The molecule has 1 aromatic carbocycles. The molecule has 0 unspecified atom stereocenters. The third-order valence-electron chi connectivity index (χ3n) is 3.20. The van der Waals surface area contributed by atoms with Crippen molar-refractivity contribution in [2.75, 3.05) is 5.73 Å². The van der Waals surface area contributed by atoms with Gasteiger partial charge in [-0.3, -0.25) is 4.79 Å². The minimum Gasteiger partial charge on any atom is -0.396 e. The Kier molecular flexibility index (Phi) is 4.66. The number of aromatic nitrogens is 1. The Morgan fingerprint density at radius 1 is 1.15 bits per heavy atom. The van der Waals surface area contributed by atoms with Gasteiger partial charge in [0.25, 0.3) is 0 Å². The van der Waals surface area contributed by atoms with Gasteiger partial charge in [-0.2, -0.15) is 0 Å². The Hall–Kier alpha value is -1.74. The number of benzene rings is 1. The van der Waals surface area contributed by atoms with Crippen LogP contribution in [-0.2, 0) is 0 Å². The van der Waals surface area contributed by atoms with E-state index in [1.165, 1.54) is 0 Å². The third-order valence-corrected chi connectivity index (χ3v) is 3.20. The molecule has 2 rings (SSSR count). The molecule has 0 saturated carbocycles. The van der Waals surface area contributed by atoms with Crippen molar-refractivity contribution >= 4 is 23.9 Å². The van der Waals surface area contributed by atoms with Gasteiger partial charge in [0.05, 0.1) is 16.9 Å². The molecule has 0 spiro atoms. The van der Waals surface area contributed by atoms with Crippen molar-refractivity contribution in [1.29, 1.82) is 0 Å². The van der Waals surface area contributed by atoms with Gasteiger partial charge < -0.3 is 10.7 Å². The second-order valence-electron chi connectivity index (χ2n) is 5.86. The van der Waals surface area contributed by atoms with Crippen LogP contribution >= 0.6 is 12.4 Å². The van der Waals surface area contributed by atoms with Crippen LogP contribution in [0.4, 0.5) is 5.69 Å². The number of hydrogen-bond acceptors (Lipinski definition) is 2. The number of aryl methyl sites for hydroxylation is 1. The fraction of sp³-hybridized carbons (Fsp3) is 0.312. The maximum absolute atomic E-state index is 12.5. The number of nitrogens with one attached hydrogen (secondary N) is 1. The Morgan fingerprint density at radius 3 is 2.20 bits per heavy atom. The molecule has 0 radical (unpaired) electrons. The normalized spacial score (nSPS) is 11.0. The van der Waals surface area contributed by atoms with Crippen LogP contribution in [0.25, 0.3) is 11.3 Å². The van der Waals surface area contributed by atoms with Gasteiger partial charge in [0.15, 0.2) is 5.78 Å². The maximum Gasteiger partial charge on any atom is 0.172 e. The van der Waals surface area contributed by atoms with Crippen molar-refractivity contribution in [3.05, 3.63) is 41.6 Å². The topological polar surface area (TPSA) is 58.9 Å². The number of hydrogen-bond donors (Lipinski definition) is 2. The first-order valence-corrected chi connectivity index (χ1v) is 6.40. The highest BCUT2D eigenvalue weighted by Crippen LogP contribution is 2.34. The average Bonchev–Trinajstić information content (AvgIpc) is 2.64. The lowest BCUT2D eigenvalue weighted by molar-refractivity contribution is 0.0859. The van der Waals surface area contributed by atoms with E-state index in [4.69, 9.17) is 5.73 Å². The quantitative estimate of drug-likeness (QED) is 0.814. The lowest BCUT2D eigenvalue weighted by Gasteiger charge is -2.17. The predicted octanol–water partition coefficient (Wildman–Crippen LogP) is 4.22. The van der Waals surface area contributed by atoms with Gasteiger partial charge in [0.2, 0.25) is 0 Å². The van der Waals surface area contributed by atoms with E-state index in [2.05, 4.69) is 4.98 Å². The zero-order chi connectivity index (χ0) is 14.2. The largest absolute Gasteiger partial charge is 0.396 e. The zero-order valence-electron chi connectivity index (χ0n) is 12.3. The van der Waals surface area contributed by atoms with E-state index < -0.39 is 5.41 Å². The van der Waals surface area contributed by atoms with E-state index in [0.717, 1.165) is 17.0 Å². The van der Waals surface area contributed by atoms with Crippen LogP contribution in [0.15, 0.2) is 30.3 Å². The molecule has 2 aromatic rings. The number of aromatic amines is 1. The molecular formula is C16H21ClN2O. The SMILES string of the molecule is Cc1[nH]c(-c2ccccc2)c(N)c1C(=O)C(C)(C)C.Cl. The van der Waals surface area contributed by atoms with Crippen LogP contribution in [0.3, 0.4) is 0 Å². The minimum atomic E-state index is -0.435. The van der Waals surface area contributed by atoms with Crippen molar-refractivity contribution in [2.45, 2.75) is 27.7 Å². The van der Waals surface area contributed by atoms with Crippen LogP contribution < -0.4 is 5.73 Å². The number of Topliss-reactive ketones (excluding diaryl/α,β-unsaturated/α-hetero) is 1. The Balaban J connectivity index is 0.00000200. The summed E-state index contributed by atoms with van der Waals surface area (Å²) in [4.78, 5) is 15.7. The van der Waals surface area contributed by atoms with E-state index in [0.29, 0.717) is 11.3 Å². The highest BCUT2D eigenvalue weighted by molar-refractivity contribution is 6.07. The van der Waals surface area contributed by atoms with Crippen LogP contribution in [0, 0.1) is 12.3 Å². The molecule has 0 bridgehead atoms. The number of nitrogens with two attached hydrogens (primary N) is 1. The molecule has 0 aliphatic carbocycles. The zero-order valence-corrected chi connectivity index (χ0v) is 13.1. The number of rotatable bonds is 2.